The summed E-state index contributed by atoms with van der Waals surface area (Å²) in [5, 5.41) is 10.9. The summed E-state index contributed by atoms with van der Waals surface area (Å²) in [5.74, 6) is 0.250. The van der Waals surface area contributed by atoms with Gasteiger partial charge in [0.2, 0.25) is 0 Å². The zero-order valence-electron chi connectivity index (χ0n) is 10.7. The van der Waals surface area contributed by atoms with Crippen LogP contribution < -0.4 is 11.3 Å². The molecule has 7 heteroatoms. The average Bonchev–Trinajstić information content (AvgIpc) is 2.74. The average molecular weight is 268 g/mol. The van der Waals surface area contributed by atoms with Crippen molar-refractivity contribution in [1.82, 2.24) is 14.6 Å². The molecule has 0 fully saturated rings. The molecule has 0 aliphatic rings. The molecule has 0 unspecified atom stereocenters. The molecular weight excluding hydrogens is 256 g/mol. The fourth-order valence-electron chi connectivity index (χ4n) is 1.86. The molecule has 0 bridgehead atoms. The molecule has 3 N–H and O–H groups in total. The third-order valence-corrected chi connectivity index (χ3v) is 2.77. The number of nitrogens with two attached hydrogens (primary N) is 1. The highest BCUT2D eigenvalue weighted by molar-refractivity contribution is 5.75. The second kappa shape index (κ2) is 4.61. The van der Waals surface area contributed by atoms with Gasteiger partial charge in [-0.15, -0.1) is 5.11 Å². The van der Waals surface area contributed by atoms with Crippen LogP contribution in [0.5, 0.6) is 0 Å². The van der Waals surface area contributed by atoms with Crippen molar-refractivity contribution in [3.05, 3.63) is 52.4 Å². The largest absolute Gasteiger partial charge is 0.382 e. The molecule has 0 atom stereocenters. The van der Waals surface area contributed by atoms with Crippen molar-refractivity contribution in [2.45, 2.75) is 6.92 Å². The summed E-state index contributed by atoms with van der Waals surface area (Å²) in [6, 6.07) is 10.7. The maximum Gasteiger partial charge on any atom is 0.273 e. The van der Waals surface area contributed by atoms with Gasteiger partial charge in [0, 0.05) is 11.8 Å². The predicted octanol–water partition coefficient (Wildman–Crippen LogP) is 2.33. The summed E-state index contributed by atoms with van der Waals surface area (Å²) in [6.07, 6.45) is 0. The van der Waals surface area contributed by atoms with Crippen LogP contribution in [0, 0.1) is 6.92 Å². The maximum absolute atomic E-state index is 11.8. The first-order chi connectivity index (χ1) is 9.65. The summed E-state index contributed by atoms with van der Waals surface area (Å²) in [7, 11) is 0. The molecule has 0 amide bonds. The molecule has 3 aromatic rings. The molecule has 7 nitrogen and oxygen atoms in total. The lowest BCUT2D eigenvalue weighted by molar-refractivity contribution is 0.894. The number of fused-ring (bicyclic) bond motifs is 1. The molecular formula is C13H12N6O. The monoisotopic (exact) mass is 268 g/mol. The number of azo groups is 1. The van der Waals surface area contributed by atoms with Crippen LogP contribution in [0.2, 0.25) is 0 Å². The van der Waals surface area contributed by atoms with Crippen molar-refractivity contribution in [3.63, 3.8) is 0 Å². The topological polar surface area (TPSA) is 101 Å². The van der Waals surface area contributed by atoms with E-state index in [0.717, 1.165) is 0 Å². The van der Waals surface area contributed by atoms with Gasteiger partial charge in [-0.1, -0.05) is 18.2 Å². The van der Waals surface area contributed by atoms with Gasteiger partial charge in [-0.05, 0) is 19.1 Å². The number of nitrogen functional groups attached to an aromatic ring is 1. The Morgan fingerprint density at radius 3 is 2.75 bits per heavy atom. The first-order valence-electron chi connectivity index (χ1n) is 6.00. The van der Waals surface area contributed by atoms with Gasteiger partial charge < -0.3 is 5.73 Å². The van der Waals surface area contributed by atoms with Crippen LogP contribution in [0.4, 0.5) is 17.2 Å². The Morgan fingerprint density at radius 1 is 1.25 bits per heavy atom. The Morgan fingerprint density at radius 2 is 2.00 bits per heavy atom. The van der Waals surface area contributed by atoms with Crippen LogP contribution in [-0.2, 0) is 0 Å². The minimum absolute atomic E-state index is 0.236. The molecule has 1 aromatic carbocycles. The Balaban J connectivity index is 2.14. The molecule has 0 aliphatic heterocycles. The van der Waals surface area contributed by atoms with Crippen molar-refractivity contribution in [2.24, 2.45) is 10.2 Å². The van der Waals surface area contributed by atoms with E-state index >= 15 is 0 Å². The van der Waals surface area contributed by atoms with E-state index in [0.29, 0.717) is 22.7 Å². The number of rotatable bonds is 2. The number of anilines is 1. The van der Waals surface area contributed by atoms with Crippen LogP contribution in [-0.4, -0.2) is 14.6 Å². The first kappa shape index (κ1) is 12.1. The molecule has 20 heavy (non-hydrogen) atoms. The zero-order valence-corrected chi connectivity index (χ0v) is 10.7. The van der Waals surface area contributed by atoms with Gasteiger partial charge in [0.25, 0.3) is 5.56 Å². The van der Waals surface area contributed by atoms with Crippen LogP contribution in [0.25, 0.3) is 5.65 Å². The lowest BCUT2D eigenvalue weighted by Gasteiger charge is -1.94. The molecule has 0 spiro atoms. The number of aromatic nitrogens is 3. The minimum Gasteiger partial charge on any atom is -0.382 e. The Hall–Kier alpha value is -2.96. The molecule has 0 aliphatic carbocycles. The standard InChI is InChI=1S/C13H12N6O/c1-8-7-10(20)19-13(15-8)11(12(14)18-19)17-16-9-5-3-2-4-6-9/h2-7,18H,14H2,1H3. The van der Waals surface area contributed by atoms with E-state index in [-0.39, 0.29) is 11.4 Å². The lowest BCUT2D eigenvalue weighted by atomic mass is 10.3. The number of H-pyrrole nitrogens is 1. The van der Waals surface area contributed by atoms with Crippen molar-refractivity contribution >= 4 is 22.8 Å². The first-order valence-corrected chi connectivity index (χ1v) is 6.00. The van der Waals surface area contributed by atoms with Crippen molar-refractivity contribution in [3.8, 4) is 0 Å². The van der Waals surface area contributed by atoms with Crippen LogP contribution in [0.1, 0.15) is 5.69 Å². The lowest BCUT2D eigenvalue weighted by Crippen LogP contribution is -2.14. The van der Waals surface area contributed by atoms with E-state index in [1.54, 1.807) is 6.92 Å². The third-order valence-electron chi connectivity index (χ3n) is 2.77. The number of nitrogens with zero attached hydrogens (tertiary/aromatic N) is 4. The normalized spacial score (nSPS) is 11.4. The summed E-state index contributed by atoms with van der Waals surface area (Å²) < 4.78 is 1.25. The smallest absolute Gasteiger partial charge is 0.273 e. The minimum atomic E-state index is -0.236. The quantitative estimate of drug-likeness (QED) is 0.697. The Kier molecular flexibility index (Phi) is 2.79. The number of benzene rings is 1. The second-order valence-corrected chi connectivity index (χ2v) is 4.30. The van der Waals surface area contributed by atoms with E-state index in [1.807, 2.05) is 30.3 Å². The van der Waals surface area contributed by atoms with E-state index in [1.165, 1.54) is 10.6 Å². The fraction of sp³-hybridized carbons (Fsp3) is 0.0769. The fourth-order valence-corrected chi connectivity index (χ4v) is 1.86. The van der Waals surface area contributed by atoms with Gasteiger partial charge >= 0.3 is 0 Å². The number of aromatic amines is 1. The van der Waals surface area contributed by atoms with Gasteiger partial charge in [0.05, 0.1) is 5.69 Å². The van der Waals surface area contributed by atoms with E-state index < -0.39 is 0 Å². The highest BCUT2D eigenvalue weighted by Crippen LogP contribution is 2.27. The number of nitrogens with one attached hydrogen (secondary N) is 1. The second-order valence-electron chi connectivity index (χ2n) is 4.30. The molecule has 3 rings (SSSR count). The molecule has 0 saturated heterocycles. The Bertz CT molecular complexity index is 846. The van der Waals surface area contributed by atoms with Gasteiger partial charge in [0.1, 0.15) is 5.82 Å². The van der Waals surface area contributed by atoms with Gasteiger partial charge in [-0.25, -0.2) is 4.98 Å². The van der Waals surface area contributed by atoms with Gasteiger partial charge in [-0.2, -0.15) is 9.63 Å². The van der Waals surface area contributed by atoms with E-state index in [2.05, 4.69) is 20.3 Å². The number of hydrogen-bond acceptors (Lipinski definition) is 5. The van der Waals surface area contributed by atoms with Crippen molar-refractivity contribution < 1.29 is 0 Å². The summed E-state index contributed by atoms with van der Waals surface area (Å²) in [6.45, 7) is 1.74. The molecule has 100 valence electrons. The highest BCUT2D eigenvalue weighted by atomic mass is 16.1. The third kappa shape index (κ3) is 2.05. The predicted molar refractivity (Wildman–Crippen MR) is 75.6 cm³/mol. The van der Waals surface area contributed by atoms with Crippen LogP contribution in [0.15, 0.2) is 51.4 Å². The maximum atomic E-state index is 11.8. The molecule has 2 aromatic heterocycles. The number of aryl methyl sites for hydroxylation is 1. The molecule has 0 saturated carbocycles. The van der Waals surface area contributed by atoms with Crippen molar-refractivity contribution in [1.29, 1.82) is 0 Å². The molecule has 2 heterocycles. The van der Waals surface area contributed by atoms with Gasteiger partial charge in [-0.3, -0.25) is 9.89 Å². The van der Waals surface area contributed by atoms with Gasteiger partial charge in [0.15, 0.2) is 11.3 Å². The van der Waals surface area contributed by atoms with E-state index in [4.69, 9.17) is 5.73 Å². The highest BCUT2D eigenvalue weighted by Gasteiger charge is 2.12. The Labute approximate surface area is 113 Å². The molecule has 0 radical (unpaired) electrons. The summed E-state index contributed by atoms with van der Waals surface area (Å²) >= 11 is 0. The van der Waals surface area contributed by atoms with E-state index in [9.17, 15) is 4.79 Å². The van der Waals surface area contributed by atoms with Crippen LogP contribution >= 0.6 is 0 Å². The SMILES string of the molecule is Cc1cc(=O)n2[nH]c(N)c(N=Nc3ccccc3)c2n1. The van der Waals surface area contributed by atoms with Crippen LogP contribution in [0.3, 0.4) is 0 Å². The summed E-state index contributed by atoms with van der Waals surface area (Å²) in [4.78, 5) is 16.1. The van der Waals surface area contributed by atoms with Crippen molar-refractivity contribution in [2.75, 3.05) is 5.73 Å². The summed E-state index contributed by atoms with van der Waals surface area (Å²) in [5.41, 5.74) is 7.61. The number of hydrogen-bond donors (Lipinski definition) is 2. The zero-order chi connectivity index (χ0) is 14.1.